The molecule has 42 heavy (non-hydrogen) atoms. The molecule has 13 heteroatoms. The lowest BCUT2D eigenvalue weighted by Crippen LogP contribution is -2.28. The van der Waals surface area contributed by atoms with Crippen molar-refractivity contribution in [3.8, 4) is 11.5 Å². The molecule has 1 aromatic heterocycles. The Morgan fingerprint density at radius 1 is 0.976 bits per heavy atom. The number of halogens is 1. The number of anilines is 1. The van der Waals surface area contributed by atoms with Crippen LogP contribution in [-0.4, -0.2) is 30.2 Å². The Bertz CT molecular complexity index is 1920. The van der Waals surface area contributed by atoms with Crippen LogP contribution >= 0.6 is 23.4 Å². The van der Waals surface area contributed by atoms with E-state index in [4.69, 9.17) is 21.2 Å². The van der Waals surface area contributed by atoms with Gasteiger partial charge in [0.1, 0.15) is 16.6 Å². The summed E-state index contributed by atoms with van der Waals surface area (Å²) in [5.41, 5.74) is 2.92. The number of aromatic amines is 1. The van der Waals surface area contributed by atoms with Crippen molar-refractivity contribution in [1.82, 2.24) is 15.4 Å². The van der Waals surface area contributed by atoms with Gasteiger partial charge in [-0.2, -0.15) is 5.48 Å². The Morgan fingerprint density at radius 3 is 2.45 bits per heavy atom. The largest absolute Gasteiger partial charge is 0.483 e. The smallest absolute Gasteiger partial charge is 0.285 e. The second-order valence-corrected chi connectivity index (χ2v) is 11.9. The van der Waals surface area contributed by atoms with Crippen LogP contribution in [0.3, 0.4) is 0 Å². The average molecular weight is 623 g/mol. The predicted molar refractivity (Wildman–Crippen MR) is 162 cm³/mol. The fourth-order valence-electron chi connectivity index (χ4n) is 3.79. The number of ether oxygens (including phenoxy) is 1. The van der Waals surface area contributed by atoms with Crippen molar-refractivity contribution in [2.45, 2.75) is 16.7 Å². The minimum absolute atomic E-state index is 0.0154. The van der Waals surface area contributed by atoms with E-state index in [9.17, 15) is 18.0 Å². The van der Waals surface area contributed by atoms with Gasteiger partial charge in [0.2, 0.25) is 5.95 Å². The van der Waals surface area contributed by atoms with E-state index >= 15 is 0 Å². The lowest BCUT2D eigenvalue weighted by Gasteiger charge is -2.15. The zero-order valence-electron chi connectivity index (χ0n) is 22.0. The maximum atomic E-state index is 13.7. The number of thioether (sulfide) groups is 1. The van der Waals surface area contributed by atoms with E-state index < -0.39 is 21.5 Å². The van der Waals surface area contributed by atoms with Gasteiger partial charge in [0.25, 0.3) is 21.5 Å². The number of carbonyl (C=O) groups is 1. The van der Waals surface area contributed by atoms with Gasteiger partial charge in [-0.05, 0) is 55.5 Å². The van der Waals surface area contributed by atoms with Crippen molar-refractivity contribution in [1.29, 1.82) is 0 Å². The highest BCUT2D eigenvalue weighted by Crippen LogP contribution is 2.33. The molecule has 1 amide bonds. The Kier molecular flexibility index (Phi) is 8.67. The molecule has 0 bridgehead atoms. The monoisotopic (exact) mass is 622 g/mol. The van der Waals surface area contributed by atoms with Gasteiger partial charge in [-0.1, -0.05) is 71.4 Å². The number of aromatic nitrogens is 2. The molecule has 5 aromatic rings. The number of hydrogen-bond donors (Lipinski definition) is 3. The first-order valence-electron chi connectivity index (χ1n) is 12.4. The van der Waals surface area contributed by atoms with Crippen molar-refractivity contribution in [2.24, 2.45) is 0 Å². The van der Waals surface area contributed by atoms with Gasteiger partial charge in [-0.3, -0.25) is 14.6 Å². The zero-order chi connectivity index (χ0) is 29.7. The third-order valence-electron chi connectivity index (χ3n) is 5.88. The van der Waals surface area contributed by atoms with Crippen molar-refractivity contribution >= 4 is 56.1 Å². The molecule has 0 aliphatic carbocycles. The number of rotatable bonds is 10. The van der Waals surface area contributed by atoms with Crippen molar-refractivity contribution in [3.63, 3.8) is 0 Å². The number of hydroxylamine groups is 1. The van der Waals surface area contributed by atoms with Crippen molar-refractivity contribution < 1.29 is 22.8 Å². The minimum atomic E-state index is -4.41. The molecular weight excluding hydrogens is 600 g/mol. The highest BCUT2D eigenvalue weighted by atomic mass is 35.5. The number of hydrogen-bond acceptors (Lipinski definition) is 8. The maximum Gasteiger partial charge on any atom is 0.285 e. The predicted octanol–water partition coefficient (Wildman–Crippen LogP) is 5.54. The molecule has 0 saturated heterocycles. The topological polar surface area (TPSA) is 139 Å². The summed E-state index contributed by atoms with van der Waals surface area (Å²) >= 11 is 7.50. The molecule has 0 saturated carbocycles. The molecule has 0 unspecified atom stereocenters. The zero-order valence-corrected chi connectivity index (χ0v) is 24.3. The second kappa shape index (κ2) is 12.6. The molecule has 0 atom stereocenters. The van der Waals surface area contributed by atoms with Crippen LogP contribution in [0.4, 0.5) is 5.95 Å². The fourth-order valence-corrected chi connectivity index (χ4v) is 6.40. The van der Waals surface area contributed by atoms with E-state index in [1.807, 2.05) is 13.0 Å². The Balaban J connectivity index is 1.46. The molecule has 4 aromatic carbocycles. The molecule has 3 N–H and O–H groups in total. The number of nitrogens with zero attached hydrogens (tertiary/aromatic N) is 1. The Hall–Kier alpha value is -4.52. The number of sulfonamides is 1. The minimum Gasteiger partial charge on any atom is -0.483 e. The van der Waals surface area contributed by atoms with Crippen LogP contribution in [0.2, 0.25) is 5.02 Å². The van der Waals surface area contributed by atoms with Gasteiger partial charge in [-0.25, -0.2) is 18.1 Å². The fraction of sp³-hybridized carbons (Fsp3) is 0.0690. The summed E-state index contributed by atoms with van der Waals surface area (Å²) in [6, 6.07) is 24.9. The summed E-state index contributed by atoms with van der Waals surface area (Å²) in [5.74, 6) is -0.0714. The molecular formula is C29H23ClN4O6S2. The third kappa shape index (κ3) is 6.85. The molecule has 5 rings (SSSR count). The number of para-hydroxylation sites is 2. The molecule has 0 spiro atoms. The van der Waals surface area contributed by atoms with Gasteiger partial charge in [-0.15, -0.1) is 0 Å². The van der Waals surface area contributed by atoms with Crippen LogP contribution in [0, 0.1) is 6.92 Å². The van der Waals surface area contributed by atoms with E-state index in [0.717, 1.165) is 23.4 Å². The summed E-state index contributed by atoms with van der Waals surface area (Å²) in [6.07, 6.45) is 0. The molecule has 10 nitrogen and oxygen atoms in total. The Labute approximate surface area is 250 Å². The van der Waals surface area contributed by atoms with Crippen molar-refractivity contribution in [2.75, 3.05) is 10.7 Å². The van der Waals surface area contributed by atoms with Gasteiger partial charge in [0, 0.05) is 4.90 Å². The van der Waals surface area contributed by atoms with Gasteiger partial charge >= 0.3 is 0 Å². The number of H-pyrrole nitrogens is 1. The number of aryl methyl sites for hydroxylation is 1. The molecule has 1 heterocycles. The molecule has 214 valence electrons. The summed E-state index contributed by atoms with van der Waals surface area (Å²) in [4.78, 5) is 37.5. The summed E-state index contributed by atoms with van der Waals surface area (Å²) in [6.45, 7) is 1.91. The van der Waals surface area contributed by atoms with Gasteiger partial charge in [0.05, 0.1) is 21.5 Å². The summed E-state index contributed by atoms with van der Waals surface area (Å²) in [7, 11) is -4.41. The molecule has 0 aliphatic heterocycles. The summed E-state index contributed by atoms with van der Waals surface area (Å²) < 4.78 is 35.4. The molecule has 0 aliphatic rings. The van der Waals surface area contributed by atoms with E-state index in [1.165, 1.54) is 6.07 Å². The Morgan fingerprint density at radius 2 is 1.69 bits per heavy atom. The lowest BCUT2D eigenvalue weighted by atomic mass is 10.2. The van der Waals surface area contributed by atoms with Crippen LogP contribution in [0.15, 0.2) is 106 Å². The van der Waals surface area contributed by atoms with E-state index in [2.05, 4.69) is 20.2 Å². The van der Waals surface area contributed by atoms with E-state index in [0.29, 0.717) is 22.4 Å². The van der Waals surface area contributed by atoms with Crippen LogP contribution in [0.1, 0.15) is 15.9 Å². The van der Waals surface area contributed by atoms with Crippen LogP contribution in [-0.2, 0) is 10.0 Å². The normalized spacial score (nSPS) is 11.2. The first-order valence-corrected chi connectivity index (χ1v) is 15.2. The van der Waals surface area contributed by atoms with Crippen LogP contribution < -0.4 is 25.3 Å². The first kappa shape index (κ1) is 29.0. The van der Waals surface area contributed by atoms with Crippen molar-refractivity contribution in [3.05, 3.63) is 117 Å². The number of amides is 1. The SMILES string of the molecule is Cc1ccc(ONC(=O)c2cc(S(=O)(=O)Nc3nc4ccccc4c(=O)[nH]3)c(SCOc3ccccc3)cc2Cl)cc1. The molecule has 0 fully saturated rings. The quantitative estimate of drug-likeness (QED) is 0.105. The number of nitrogens with one attached hydrogen (secondary N) is 3. The van der Waals surface area contributed by atoms with E-state index in [1.54, 1.807) is 72.8 Å². The second-order valence-electron chi connectivity index (χ2n) is 8.88. The maximum absolute atomic E-state index is 13.7. The summed E-state index contributed by atoms with van der Waals surface area (Å²) in [5, 5.41) is 0.284. The highest BCUT2D eigenvalue weighted by molar-refractivity contribution is 8.00. The lowest BCUT2D eigenvalue weighted by molar-refractivity contribution is 0.0760. The van der Waals surface area contributed by atoms with Crippen LogP contribution in [0.5, 0.6) is 11.5 Å². The van der Waals surface area contributed by atoms with Crippen LogP contribution in [0.25, 0.3) is 10.9 Å². The number of benzene rings is 4. The standard InChI is InChI=1S/C29H23ClN4O6S2/c1-18-11-13-20(14-12-18)40-33-28(36)22-15-26(25(16-23(22)30)41-17-39-19-7-3-2-4-8-19)42(37,38)34-29-31-24-10-6-5-9-21(24)27(35)32-29/h2-16H,17H2,1H3,(H,33,36)(H2,31,32,34,35). The van der Waals surface area contributed by atoms with E-state index in [-0.39, 0.29) is 32.3 Å². The highest BCUT2D eigenvalue weighted by Gasteiger charge is 2.25. The van der Waals surface area contributed by atoms with Gasteiger partial charge < -0.3 is 9.57 Å². The first-order chi connectivity index (χ1) is 20.2. The number of carbonyl (C=O) groups excluding carboxylic acids is 1. The number of fused-ring (bicyclic) bond motifs is 1. The average Bonchev–Trinajstić information content (AvgIpc) is 2.97. The molecule has 0 radical (unpaired) electrons. The van der Waals surface area contributed by atoms with Gasteiger partial charge in [0.15, 0.2) is 5.75 Å². The third-order valence-corrected chi connectivity index (χ3v) is 8.58.